The Balaban J connectivity index is 1.88. The third-order valence-electron chi connectivity index (χ3n) is 3.77. The number of aliphatic hydroxyl groups excluding tert-OH is 1. The van der Waals surface area contributed by atoms with E-state index in [1.54, 1.807) is 12.4 Å². The fourth-order valence-corrected chi connectivity index (χ4v) is 2.54. The van der Waals surface area contributed by atoms with Crippen molar-refractivity contribution in [3.05, 3.63) is 30.1 Å². The monoisotopic (exact) mass is 248 g/mol. The van der Waals surface area contributed by atoms with Gasteiger partial charge in [-0.2, -0.15) is 0 Å². The molecule has 0 aliphatic carbocycles. The molecule has 4 nitrogen and oxygen atoms in total. The highest BCUT2D eigenvalue weighted by atomic mass is 16.3. The number of hydrogen-bond acceptors (Lipinski definition) is 3. The molecular weight excluding hydrogens is 228 g/mol. The van der Waals surface area contributed by atoms with Gasteiger partial charge in [0.25, 0.3) is 0 Å². The number of hydrogen-bond donors (Lipinski definition) is 1. The third-order valence-corrected chi connectivity index (χ3v) is 3.77. The largest absolute Gasteiger partial charge is 0.394 e. The molecule has 1 aliphatic heterocycles. The molecule has 0 spiro atoms. The summed E-state index contributed by atoms with van der Waals surface area (Å²) in [6.07, 6.45) is 5.73. The highest BCUT2D eigenvalue weighted by molar-refractivity contribution is 5.77. The van der Waals surface area contributed by atoms with Gasteiger partial charge < -0.3 is 10.0 Å². The first-order valence-corrected chi connectivity index (χ1v) is 6.51. The quantitative estimate of drug-likeness (QED) is 0.872. The Labute approximate surface area is 108 Å². The van der Waals surface area contributed by atoms with Crippen LogP contribution in [0, 0.1) is 5.92 Å². The van der Waals surface area contributed by atoms with E-state index >= 15 is 0 Å². The van der Waals surface area contributed by atoms with Crippen LogP contribution in [0.25, 0.3) is 0 Å². The summed E-state index contributed by atoms with van der Waals surface area (Å²) in [5, 5.41) is 9.34. The maximum absolute atomic E-state index is 12.1. The van der Waals surface area contributed by atoms with E-state index in [1.165, 1.54) is 0 Å². The van der Waals surface area contributed by atoms with Gasteiger partial charge in [-0.15, -0.1) is 0 Å². The van der Waals surface area contributed by atoms with Gasteiger partial charge >= 0.3 is 0 Å². The molecule has 98 valence electrons. The van der Waals surface area contributed by atoms with Crippen LogP contribution in [-0.4, -0.2) is 40.1 Å². The molecule has 1 aromatic heterocycles. The van der Waals surface area contributed by atoms with Crippen LogP contribution in [-0.2, 0) is 11.2 Å². The van der Waals surface area contributed by atoms with E-state index in [9.17, 15) is 9.90 Å². The Morgan fingerprint density at radius 3 is 2.89 bits per heavy atom. The van der Waals surface area contributed by atoms with Crippen molar-refractivity contribution in [3.8, 4) is 0 Å². The first-order valence-electron chi connectivity index (χ1n) is 6.51. The lowest BCUT2D eigenvalue weighted by Gasteiger charge is -2.25. The van der Waals surface area contributed by atoms with Crippen molar-refractivity contribution in [2.24, 2.45) is 5.92 Å². The van der Waals surface area contributed by atoms with E-state index in [0.717, 1.165) is 24.9 Å². The summed E-state index contributed by atoms with van der Waals surface area (Å²) < 4.78 is 0. The lowest BCUT2D eigenvalue weighted by Crippen LogP contribution is -2.39. The van der Waals surface area contributed by atoms with Crippen molar-refractivity contribution >= 4 is 5.91 Å². The van der Waals surface area contributed by atoms with Gasteiger partial charge in [-0.3, -0.25) is 9.78 Å². The minimum Gasteiger partial charge on any atom is -0.394 e. The number of aliphatic hydroxyl groups is 1. The van der Waals surface area contributed by atoms with Gasteiger partial charge in [0.1, 0.15) is 0 Å². The normalized spacial score (nSPS) is 23.3. The molecule has 1 fully saturated rings. The first kappa shape index (κ1) is 13.0. The maximum atomic E-state index is 12.1. The summed E-state index contributed by atoms with van der Waals surface area (Å²) >= 11 is 0. The molecule has 4 heteroatoms. The summed E-state index contributed by atoms with van der Waals surface area (Å²) in [5.74, 6) is 0.551. The molecular formula is C14H20N2O2. The summed E-state index contributed by atoms with van der Waals surface area (Å²) in [4.78, 5) is 17.9. The van der Waals surface area contributed by atoms with Gasteiger partial charge in [-0.05, 0) is 36.5 Å². The molecule has 18 heavy (non-hydrogen) atoms. The fourth-order valence-electron chi connectivity index (χ4n) is 2.54. The minimum absolute atomic E-state index is 0.00920. The Morgan fingerprint density at radius 2 is 2.22 bits per heavy atom. The van der Waals surface area contributed by atoms with Crippen LogP contribution in [0.1, 0.15) is 25.3 Å². The van der Waals surface area contributed by atoms with Crippen LogP contribution in [0.2, 0.25) is 0 Å². The summed E-state index contributed by atoms with van der Waals surface area (Å²) in [6, 6.07) is 3.88. The number of likely N-dealkylation sites (tertiary alicyclic amines) is 1. The number of amides is 1. The SMILES string of the molecule is CC1CCN(C(=O)CCc2ccncc2)C1CO. The van der Waals surface area contributed by atoms with Gasteiger partial charge in [0, 0.05) is 25.4 Å². The number of aromatic nitrogens is 1. The van der Waals surface area contributed by atoms with Crippen molar-refractivity contribution in [2.75, 3.05) is 13.2 Å². The van der Waals surface area contributed by atoms with Crippen molar-refractivity contribution in [1.29, 1.82) is 0 Å². The third kappa shape index (κ3) is 2.88. The van der Waals surface area contributed by atoms with Crippen LogP contribution >= 0.6 is 0 Å². The summed E-state index contributed by atoms with van der Waals surface area (Å²) in [6.45, 7) is 2.95. The molecule has 0 radical (unpaired) electrons. The van der Waals surface area contributed by atoms with E-state index in [4.69, 9.17) is 0 Å². The van der Waals surface area contributed by atoms with Crippen LogP contribution in [0.4, 0.5) is 0 Å². The number of pyridine rings is 1. The summed E-state index contributed by atoms with van der Waals surface area (Å²) in [7, 11) is 0. The number of nitrogens with zero attached hydrogens (tertiary/aromatic N) is 2. The van der Waals surface area contributed by atoms with Gasteiger partial charge in [-0.1, -0.05) is 6.92 Å². The Morgan fingerprint density at radius 1 is 1.50 bits per heavy atom. The smallest absolute Gasteiger partial charge is 0.223 e. The average molecular weight is 248 g/mol. The molecule has 0 aromatic carbocycles. The standard InChI is InChI=1S/C14H20N2O2/c1-11-6-9-16(13(11)10-17)14(18)3-2-12-4-7-15-8-5-12/h4-5,7-8,11,13,17H,2-3,6,9-10H2,1H3. The highest BCUT2D eigenvalue weighted by Gasteiger charge is 2.33. The van der Waals surface area contributed by atoms with E-state index in [2.05, 4.69) is 11.9 Å². The van der Waals surface area contributed by atoms with Crippen molar-refractivity contribution in [3.63, 3.8) is 0 Å². The maximum Gasteiger partial charge on any atom is 0.223 e. The summed E-state index contributed by atoms with van der Waals surface area (Å²) in [5.41, 5.74) is 1.13. The molecule has 1 aromatic rings. The van der Waals surface area contributed by atoms with E-state index in [-0.39, 0.29) is 18.6 Å². The Bertz CT molecular complexity index is 394. The number of aryl methyl sites for hydroxylation is 1. The number of carbonyl (C=O) groups excluding carboxylic acids is 1. The zero-order valence-electron chi connectivity index (χ0n) is 10.7. The van der Waals surface area contributed by atoms with Crippen LogP contribution < -0.4 is 0 Å². The van der Waals surface area contributed by atoms with Crippen molar-refractivity contribution in [1.82, 2.24) is 9.88 Å². The Hall–Kier alpha value is -1.42. The molecule has 1 amide bonds. The molecule has 2 heterocycles. The second kappa shape index (κ2) is 5.96. The molecule has 2 rings (SSSR count). The second-order valence-electron chi connectivity index (χ2n) is 4.96. The average Bonchev–Trinajstić information content (AvgIpc) is 2.78. The van der Waals surface area contributed by atoms with Gasteiger partial charge in [0.15, 0.2) is 0 Å². The molecule has 1 saturated heterocycles. The zero-order chi connectivity index (χ0) is 13.0. The van der Waals surface area contributed by atoms with E-state index in [1.807, 2.05) is 17.0 Å². The van der Waals surface area contributed by atoms with Crippen LogP contribution in [0.3, 0.4) is 0 Å². The predicted octanol–water partition coefficient (Wildman–Crippen LogP) is 1.24. The molecule has 1 aliphatic rings. The van der Waals surface area contributed by atoms with E-state index < -0.39 is 0 Å². The highest BCUT2D eigenvalue weighted by Crippen LogP contribution is 2.24. The molecule has 0 saturated carbocycles. The van der Waals surface area contributed by atoms with Gasteiger partial charge in [0.2, 0.25) is 5.91 Å². The number of carbonyl (C=O) groups is 1. The fraction of sp³-hybridized carbons (Fsp3) is 0.571. The topological polar surface area (TPSA) is 53.4 Å². The molecule has 0 bridgehead atoms. The van der Waals surface area contributed by atoms with Gasteiger partial charge in [0.05, 0.1) is 12.6 Å². The molecule has 1 N–H and O–H groups in total. The predicted molar refractivity (Wildman–Crippen MR) is 68.9 cm³/mol. The van der Waals surface area contributed by atoms with Gasteiger partial charge in [-0.25, -0.2) is 0 Å². The number of rotatable bonds is 4. The Kier molecular flexibility index (Phi) is 4.31. The van der Waals surface area contributed by atoms with Crippen LogP contribution in [0.15, 0.2) is 24.5 Å². The molecule has 2 atom stereocenters. The molecule has 2 unspecified atom stereocenters. The first-order chi connectivity index (χ1) is 8.72. The van der Waals surface area contributed by atoms with Crippen molar-refractivity contribution < 1.29 is 9.90 Å². The minimum atomic E-state index is 0.00920. The lowest BCUT2D eigenvalue weighted by molar-refractivity contribution is -0.133. The van der Waals surface area contributed by atoms with Crippen LogP contribution in [0.5, 0.6) is 0 Å². The van der Waals surface area contributed by atoms with Crippen molar-refractivity contribution in [2.45, 2.75) is 32.2 Å². The lowest BCUT2D eigenvalue weighted by atomic mass is 10.0. The zero-order valence-corrected chi connectivity index (χ0v) is 10.7. The van der Waals surface area contributed by atoms with E-state index in [0.29, 0.717) is 12.3 Å². The second-order valence-corrected chi connectivity index (χ2v) is 4.96.